The van der Waals surface area contributed by atoms with E-state index >= 15 is 0 Å². The van der Waals surface area contributed by atoms with Gasteiger partial charge in [-0.15, -0.1) is 0 Å². The number of hydrogen-bond acceptors (Lipinski definition) is 4. The summed E-state index contributed by atoms with van der Waals surface area (Å²) in [6, 6.07) is 3.61. The highest BCUT2D eigenvalue weighted by molar-refractivity contribution is 7.89. The van der Waals surface area contributed by atoms with Crippen molar-refractivity contribution >= 4 is 15.9 Å². The van der Waals surface area contributed by atoms with Crippen LogP contribution >= 0.6 is 0 Å². The van der Waals surface area contributed by atoms with Crippen LogP contribution in [0.15, 0.2) is 17.0 Å². The van der Waals surface area contributed by atoms with Gasteiger partial charge in [-0.25, -0.2) is 8.42 Å². The first-order valence-electron chi connectivity index (χ1n) is 10.0. The minimum atomic E-state index is -3.68. The third-order valence-corrected chi connectivity index (χ3v) is 8.15. The maximum absolute atomic E-state index is 13.6. The highest BCUT2D eigenvalue weighted by Gasteiger charge is 2.44. The average molecular weight is 409 g/mol. The molecule has 2 heterocycles. The van der Waals surface area contributed by atoms with Crippen molar-refractivity contribution in [2.24, 2.45) is 5.41 Å². The lowest BCUT2D eigenvalue weighted by atomic mass is 9.74. The van der Waals surface area contributed by atoms with E-state index in [9.17, 15) is 13.2 Å². The maximum atomic E-state index is 13.6. The normalized spacial score (nSPS) is 24.2. The van der Waals surface area contributed by atoms with Gasteiger partial charge in [0.15, 0.2) is 0 Å². The number of hydrogen-bond donors (Lipinski definition) is 0. The summed E-state index contributed by atoms with van der Waals surface area (Å²) >= 11 is 0. The number of sulfonamides is 1. The molecule has 1 aromatic rings. The lowest BCUT2D eigenvalue weighted by molar-refractivity contribution is -0.136. The van der Waals surface area contributed by atoms with Gasteiger partial charge in [-0.1, -0.05) is 13.8 Å². The highest BCUT2D eigenvalue weighted by Crippen LogP contribution is 2.41. The third kappa shape index (κ3) is 3.79. The summed E-state index contributed by atoms with van der Waals surface area (Å²) in [6.45, 7) is 7.71. The molecule has 156 valence electrons. The van der Waals surface area contributed by atoms with Crippen molar-refractivity contribution < 1.29 is 17.9 Å². The van der Waals surface area contributed by atoms with Crippen molar-refractivity contribution in [2.45, 2.75) is 57.3 Å². The van der Waals surface area contributed by atoms with Crippen LogP contribution in [0.3, 0.4) is 0 Å². The van der Waals surface area contributed by atoms with E-state index in [1.165, 1.54) is 7.11 Å². The van der Waals surface area contributed by atoms with Gasteiger partial charge in [-0.3, -0.25) is 4.79 Å². The van der Waals surface area contributed by atoms with Gasteiger partial charge in [-0.05, 0) is 55.4 Å². The van der Waals surface area contributed by atoms with Crippen LogP contribution in [-0.4, -0.2) is 57.3 Å². The maximum Gasteiger partial charge on any atom is 0.246 e. The van der Waals surface area contributed by atoms with Crippen molar-refractivity contribution in [1.82, 2.24) is 9.21 Å². The van der Waals surface area contributed by atoms with Gasteiger partial charge < -0.3 is 9.64 Å². The molecule has 2 saturated heterocycles. The monoisotopic (exact) mass is 408 g/mol. The third-order valence-electron chi connectivity index (χ3n) is 6.29. The van der Waals surface area contributed by atoms with Gasteiger partial charge in [0.05, 0.1) is 7.11 Å². The number of piperidine rings is 2. The summed E-state index contributed by atoms with van der Waals surface area (Å²) in [5.74, 6) is 0.774. The van der Waals surface area contributed by atoms with Crippen LogP contribution in [0.4, 0.5) is 0 Å². The number of methoxy groups -OCH3 is 1. The molecule has 2 aliphatic heterocycles. The quantitative estimate of drug-likeness (QED) is 0.768. The zero-order valence-electron chi connectivity index (χ0n) is 17.6. The van der Waals surface area contributed by atoms with Gasteiger partial charge in [0.25, 0.3) is 0 Å². The van der Waals surface area contributed by atoms with Crippen LogP contribution in [0.25, 0.3) is 0 Å². The summed E-state index contributed by atoms with van der Waals surface area (Å²) in [7, 11) is -0.349. The topological polar surface area (TPSA) is 66.9 Å². The van der Waals surface area contributed by atoms with Crippen molar-refractivity contribution in [3.8, 4) is 5.75 Å². The first kappa shape index (κ1) is 21.1. The molecule has 0 aliphatic carbocycles. The second-order valence-electron chi connectivity index (χ2n) is 8.71. The zero-order chi connectivity index (χ0) is 20.7. The molecule has 1 amide bonds. The highest BCUT2D eigenvalue weighted by atomic mass is 32.2. The van der Waals surface area contributed by atoms with Crippen molar-refractivity contribution in [3.05, 3.63) is 23.3 Å². The molecule has 0 saturated carbocycles. The van der Waals surface area contributed by atoms with E-state index in [-0.39, 0.29) is 22.1 Å². The summed E-state index contributed by atoms with van der Waals surface area (Å²) < 4.78 is 34.2. The predicted molar refractivity (Wildman–Crippen MR) is 109 cm³/mol. The van der Waals surface area contributed by atoms with Gasteiger partial charge in [0.1, 0.15) is 10.6 Å². The summed E-state index contributed by atoms with van der Waals surface area (Å²) in [6.07, 6.45) is 3.02. The minimum absolute atomic E-state index is 0.146. The number of likely N-dealkylation sites (tertiary alicyclic amines) is 1. The van der Waals surface area contributed by atoms with E-state index < -0.39 is 10.0 Å². The van der Waals surface area contributed by atoms with E-state index in [0.29, 0.717) is 31.8 Å². The smallest absolute Gasteiger partial charge is 0.246 e. The average Bonchev–Trinajstić information content (AvgIpc) is 2.64. The Kier molecular flexibility index (Phi) is 5.79. The number of carbonyl (C=O) groups is 1. The molecule has 7 heteroatoms. The number of benzene rings is 1. The Morgan fingerprint density at radius 1 is 1.18 bits per heavy atom. The fourth-order valence-corrected chi connectivity index (χ4v) is 6.50. The summed E-state index contributed by atoms with van der Waals surface area (Å²) in [5, 5.41) is 0. The Labute approximate surface area is 168 Å². The van der Waals surface area contributed by atoms with Crippen LogP contribution < -0.4 is 4.74 Å². The molecule has 0 bridgehead atoms. The molecule has 3 rings (SSSR count). The lowest BCUT2D eigenvalue weighted by Crippen LogP contribution is -2.54. The molecule has 2 fully saturated rings. The van der Waals surface area contributed by atoms with E-state index in [4.69, 9.17) is 4.74 Å². The van der Waals surface area contributed by atoms with E-state index in [0.717, 1.165) is 30.4 Å². The van der Waals surface area contributed by atoms with Crippen molar-refractivity contribution in [3.63, 3.8) is 0 Å². The van der Waals surface area contributed by atoms with Crippen LogP contribution in [0, 0.1) is 12.3 Å². The Morgan fingerprint density at radius 3 is 2.50 bits per heavy atom. The number of amides is 1. The lowest BCUT2D eigenvalue weighted by Gasteiger charge is -2.47. The minimum Gasteiger partial charge on any atom is -0.495 e. The van der Waals surface area contributed by atoms with Crippen LogP contribution in [0.1, 0.15) is 56.6 Å². The van der Waals surface area contributed by atoms with E-state index in [1.54, 1.807) is 15.3 Å². The Hall–Kier alpha value is -1.60. The number of carbonyl (C=O) groups excluding carboxylic acids is 1. The fraction of sp³-hybridized carbons (Fsp3) is 0.667. The first-order chi connectivity index (χ1) is 13.1. The first-order valence-corrected chi connectivity index (χ1v) is 11.5. The Balaban J connectivity index is 1.96. The van der Waals surface area contributed by atoms with Crippen molar-refractivity contribution in [1.29, 1.82) is 0 Å². The molecule has 0 N–H and O–H groups in total. The van der Waals surface area contributed by atoms with Crippen LogP contribution in [-0.2, 0) is 14.8 Å². The summed E-state index contributed by atoms with van der Waals surface area (Å²) in [5.41, 5.74) is 1.91. The molecule has 0 aromatic heterocycles. The molecule has 1 aromatic carbocycles. The number of rotatable bonds is 4. The summed E-state index contributed by atoms with van der Waals surface area (Å²) in [4.78, 5) is 13.9. The van der Waals surface area contributed by atoms with Gasteiger partial charge in [0, 0.05) is 38.5 Å². The fourth-order valence-electron chi connectivity index (χ4n) is 4.73. The van der Waals surface area contributed by atoms with Crippen molar-refractivity contribution in [2.75, 3.05) is 33.8 Å². The largest absolute Gasteiger partial charge is 0.495 e. The molecular weight excluding hydrogens is 376 g/mol. The number of ether oxygens (including phenoxy) is 1. The van der Waals surface area contributed by atoms with E-state index in [1.807, 2.05) is 20.0 Å². The molecule has 1 unspecified atom stereocenters. The Morgan fingerprint density at radius 2 is 1.89 bits per heavy atom. The molecule has 1 atom stereocenters. The van der Waals surface area contributed by atoms with Crippen LogP contribution in [0.5, 0.6) is 5.75 Å². The molecule has 2 aliphatic rings. The number of aryl methyl sites for hydroxylation is 1. The van der Waals surface area contributed by atoms with Crippen LogP contribution in [0.2, 0.25) is 0 Å². The standard InChI is InChI=1S/C21H32N2O4S/c1-15(2)17-12-19(18(27-5)11-16(17)3)28(25,26)23-10-6-8-21(14-23)9-7-20(24)22(4)13-21/h11-12,15H,6-10,13-14H2,1-5H3. The van der Waals surface area contributed by atoms with Gasteiger partial charge in [-0.2, -0.15) is 4.31 Å². The zero-order valence-corrected chi connectivity index (χ0v) is 18.4. The molecule has 6 nitrogen and oxygen atoms in total. The number of nitrogens with zero attached hydrogens (tertiary/aromatic N) is 2. The second kappa shape index (κ2) is 7.67. The molecular formula is C21H32N2O4S. The van der Waals surface area contributed by atoms with Gasteiger partial charge >= 0.3 is 0 Å². The molecule has 1 spiro atoms. The predicted octanol–water partition coefficient (Wildman–Crippen LogP) is 3.15. The SMILES string of the molecule is COc1cc(C)c(C(C)C)cc1S(=O)(=O)N1CCCC2(CCC(=O)N(C)C2)C1. The van der Waals surface area contributed by atoms with E-state index in [2.05, 4.69) is 13.8 Å². The second-order valence-corrected chi connectivity index (χ2v) is 10.6. The molecule has 0 radical (unpaired) electrons. The molecule has 28 heavy (non-hydrogen) atoms. The van der Waals surface area contributed by atoms with Gasteiger partial charge in [0.2, 0.25) is 15.9 Å². The Bertz CT molecular complexity index is 865.